The average molecular weight is 372 g/mol. The zero-order valence-electron chi connectivity index (χ0n) is 16.2. The predicted octanol–water partition coefficient (Wildman–Crippen LogP) is 4.34. The number of amides is 1. The summed E-state index contributed by atoms with van der Waals surface area (Å²) in [5.74, 6) is 1.38. The molecule has 1 amide bonds. The Balaban J connectivity index is 1.36. The quantitative estimate of drug-likeness (QED) is 0.724. The Morgan fingerprint density at radius 3 is 2.43 bits per heavy atom. The average Bonchev–Trinajstić information content (AvgIpc) is 2.68. The third kappa shape index (κ3) is 3.88. The number of hydrogen-bond acceptors (Lipinski definition) is 4. The van der Waals surface area contributed by atoms with Crippen LogP contribution in [0.5, 0.6) is 0 Å². The molecule has 0 atom stereocenters. The second-order valence-electron chi connectivity index (χ2n) is 7.50. The summed E-state index contributed by atoms with van der Waals surface area (Å²) in [6.07, 6.45) is 1.58. The van der Waals surface area contributed by atoms with E-state index in [1.807, 2.05) is 48.5 Å². The summed E-state index contributed by atoms with van der Waals surface area (Å²) >= 11 is 0. The van der Waals surface area contributed by atoms with Crippen molar-refractivity contribution in [3.8, 4) is 11.3 Å². The van der Waals surface area contributed by atoms with E-state index in [2.05, 4.69) is 46.2 Å². The van der Waals surface area contributed by atoms with Crippen molar-refractivity contribution in [2.45, 2.75) is 19.8 Å². The standard InChI is InChI=1S/C23H24N4O/c1-16(2)17-8-10-20(11-9-17)26-23(28)19-13-27(14-19)22-12-21(24-15-25-22)18-6-4-3-5-7-18/h3-12,15-16,19H,13-14H2,1-2H3,(H,26,28). The molecule has 0 spiro atoms. The topological polar surface area (TPSA) is 58.1 Å². The van der Waals surface area contributed by atoms with Gasteiger partial charge in [-0.2, -0.15) is 0 Å². The molecule has 1 fully saturated rings. The molecule has 28 heavy (non-hydrogen) atoms. The lowest BCUT2D eigenvalue weighted by molar-refractivity contribution is -0.120. The molecule has 3 aromatic rings. The summed E-state index contributed by atoms with van der Waals surface area (Å²) in [6.45, 7) is 5.65. The Hall–Kier alpha value is -3.21. The minimum atomic E-state index is -0.0279. The second kappa shape index (κ2) is 7.80. The minimum Gasteiger partial charge on any atom is -0.355 e. The van der Waals surface area contributed by atoms with Gasteiger partial charge in [-0.05, 0) is 23.6 Å². The van der Waals surface area contributed by atoms with Crippen LogP contribution in [0.3, 0.4) is 0 Å². The predicted molar refractivity (Wildman–Crippen MR) is 112 cm³/mol. The van der Waals surface area contributed by atoms with E-state index in [0.717, 1.165) is 22.8 Å². The summed E-state index contributed by atoms with van der Waals surface area (Å²) in [7, 11) is 0. The van der Waals surface area contributed by atoms with Gasteiger partial charge in [0, 0.05) is 30.4 Å². The SMILES string of the molecule is CC(C)c1ccc(NC(=O)C2CN(c3cc(-c4ccccc4)ncn3)C2)cc1. The molecule has 142 valence electrons. The maximum absolute atomic E-state index is 12.5. The zero-order chi connectivity index (χ0) is 19.5. The van der Waals surface area contributed by atoms with Crippen LogP contribution in [0, 0.1) is 5.92 Å². The van der Waals surface area contributed by atoms with Crippen LogP contribution in [0.15, 0.2) is 67.0 Å². The van der Waals surface area contributed by atoms with Crippen LogP contribution in [-0.2, 0) is 4.79 Å². The molecule has 5 heteroatoms. The molecule has 1 aliphatic heterocycles. The van der Waals surface area contributed by atoms with Crippen molar-refractivity contribution in [2.24, 2.45) is 5.92 Å². The number of nitrogens with one attached hydrogen (secondary N) is 1. The largest absolute Gasteiger partial charge is 0.355 e. The Morgan fingerprint density at radius 1 is 1.04 bits per heavy atom. The van der Waals surface area contributed by atoms with Crippen LogP contribution < -0.4 is 10.2 Å². The molecule has 1 N–H and O–H groups in total. The maximum Gasteiger partial charge on any atom is 0.231 e. The van der Waals surface area contributed by atoms with Crippen LogP contribution in [0.1, 0.15) is 25.3 Å². The third-order valence-corrected chi connectivity index (χ3v) is 5.14. The highest BCUT2D eigenvalue weighted by Crippen LogP contribution is 2.27. The number of carbonyl (C=O) groups is 1. The van der Waals surface area contributed by atoms with Crippen LogP contribution >= 0.6 is 0 Å². The number of nitrogens with zero attached hydrogens (tertiary/aromatic N) is 3. The molecule has 4 rings (SSSR count). The fraction of sp³-hybridized carbons (Fsp3) is 0.261. The van der Waals surface area contributed by atoms with Crippen molar-refractivity contribution >= 4 is 17.4 Å². The summed E-state index contributed by atoms with van der Waals surface area (Å²) in [6, 6.07) is 20.1. The highest BCUT2D eigenvalue weighted by atomic mass is 16.2. The summed E-state index contributed by atoms with van der Waals surface area (Å²) < 4.78 is 0. The number of hydrogen-bond donors (Lipinski definition) is 1. The first-order chi connectivity index (χ1) is 13.6. The molecule has 5 nitrogen and oxygen atoms in total. The molecule has 0 radical (unpaired) electrons. The highest BCUT2D eigenvalue weighted by molar-refractivity contribution is 5.94. The summed E-state index contributed by atoms with van der Waals surface area (Å²) in [5.41, 5.74) is 4.07. The number of benzene rings is 2. The van der Waals surface area contributed by atoms with Crippen molar-refractivity contribution in [1.82, 2.24) is 9.97 Å². The monoisotopic (exact) mass is 372 g/mol. The van der Waals surface area contributed by atoms with Gasteiger partial charge < -0.3 is 10.2 Å². The molecular weight excluding hydrogens is 348 g/mol. The third-order valence-electron chi connectivity index (χ3n) is 5.14. The number of aromatic nitrogens is 2. The van der Waals surface area contributed by atoms with Crippen LogP contribution in [0.4, 0.5) is 11.5 Å². The number of carbonyl (C=O) groups excluding carboxylic acids is 1. The highest BCUT2D eigenvalue weighted by Gasteiger charge is 2.33. The fourth-order valence-corrected chi connectivity index (χ4v) is 3.31. The van der Waals surface area contributed by atoms with Gasteiger partial charge in [0.05, 0.1) is 11.6 Å². The fourth-order valence-electron chi connectivity index (χ4n) is 3.31. The molecule has 0 unspecified atom stereocenters. The molecule has 1 aromatic heterocycles. The van der Waals surface area contributed by atoms with Gasteiger partial charge in [-0.25, -0.2) is 9.97 Å². The van der Waals surface area contributed by atoms with Gasteiger partial charge in [-0.3, -0.25) is 4.79 Å². The summed E-state index contributed by atoms with van der Waals surface area (Å²) in [4.78, 5) is 23.4. The molecular formula is C23H24N4O. The van der Waals surface area contributed by atoms with E-state index in [1.54, 1.807) is 6.33 Å². The van der Waals surface area contributed by atoms with Gasteiger partial charge in [0.2, 0.25) is 5.91 Å². The molecule has 0 aliphatic carbocycles. The van der Waals surface area contributed by atoms with Crippen LogP contribution in [0.2, 0.25) is 0 Å². The summed E-state index contributed by atoms with van der Waals surface area (Å²) in [5, 5.41) is 3.02. The van der Waals surface area contributed by atoms with Gasteiger partial charge in [0.25, 0.3) is 0 Å². The van der Waals surface area contributed by atoms with Crippen molar-refractivity contribution in [2.75, 3.05) is 23.3 Å². The Bertz CT molecular complexity index is 948. The molecule has 2 aromatic carbocycles. The van der Waals surface area contributed by atoms with E-state index in [1.165, 1.54) is 5.56 Å². The Kier molecular flexibility index (Phi) is 5.06. The van der Waals surface area contributed by atoms with Crippen molar-refractivity contribution in [3.63, 3.8) is 0 Å². The molecule has 0 bridgehead atoms. The Morgan fingerprint density at radius 2 is 1.75 bits per heavy atom. The first-order valence-electron chi connectivity index (χ1n) is 9.63. The lowest BCUT2D eigenvalue weighted by atomic mass is 9.98. The molecule has 2 heterocycles. The second-order valence-corrected chi connectivity index (χ2v) is 7.50. The normalized spacial score (nSPS) is 14.0. The van der Waals surface area contributed by atoms with E-state index in [4.69, 9.17) is 0 Å². The van der Waals surface area contributed by atoms with E-state index in [9.17, 15) is 4.79 Å². The lowest BCUT2D eigenvalue weighted by Gasteiger charge is -2.39. The van der Waals surface area contributed by atoms with E-state index in [-0.39, 0.29) is 11.8 Å². The number of anilines is 2. The molecule has 0 saturated carbocycles. The van der Waals surface area contributed by atoms with Crippen molar-refractivity contribution < 1.29 is 4.79 Å². The first-order valence-corrected chi connectivity index (χ1v) is 9.63. The van der Waals surface area contributed by atoms with Gasteiger partial charge >= 0.3 is 0 Å². The van der Waals surface area contributed by atoms with Gasteiger partial charge in [0.15, 0.2) is 0 Å². The van der Waals surface area contributed by atoms with Crippen LogP contribution in [0.25, 0.3) is 11.3 Å². The Labute approximate surface area is 165 Å². The molecule has 1 aliphatic rings. The lowest BCUT2D eigenvalue weighted by Crippen LogP contribution is -2.52. The van der Waals surface area contributed by atoms with Gasteiger partial charge in [0.1, 0.15) is 12.1 Å². The first kappa shape index (κ1) is 18.2. The van der Waals surface area contributed by atoms with Gasteiger partial charge in [-0.1, -0.05) is 56.3 Å². The van der Waals surface area contributed by atoms with Crippen molar-refractivity contribution in [1.29, 1.82) is 0 Å². The molecule has 1 saturated heterocycles. The van der Waals surface area contributed by atoms with E-state index >= 15 is 0 Å². The van der Waals surface area contributed by atoms with E-state index < -0.39 is 0 Å². The minimum absolute atomic E-state index is 0.0279. The zero-order valence-corrected chi connectivity index (χ0v) is 16.2. The maximum atomic E-state index is 12.5. The van der Waals surface area contributed by atoms with E-state index in [0.29, 0.717) is 19.0 Å². The van der Waals surface area contributed by atoms with Crippen molar-refractivity contribution in [3.05, 3.63) is 72.6 Å². The smallest absolute Gasteiger partial charge is 0.231 e. The van der Waals surface area contributed by atoms with Crippen LogP contribution in [-0.4, -0.2) is 29.0 Å². The van der Waals surface area contributed by atoms with Gasteiger partial charge in [-0.15, -0.1) is 0 Å². The number of rotatable bonds is 5.